The Hall–Kier alpha value is -3.94. The number of halogens is 1. The number of hydrogen-bond acceptors (Lipinski definition) is 5. The van der Waals surface area contributed by atoms with Crippen LogP contribution in [-0.4, -0.2) is 31.1 Å². The summed E-state index contributed by atoms with van der Waals surface area (Å²) in [5, 5.41) is 5.76. The molecule has 0 aliphatic rings. The minimum absolute atomic E-state index is 0.213. The molecule has 0 radical (unpaired) electrons. The highest BCUT2D eigenvalue weighted by atomic mass is 19.1. The third-order valence-corrected chi connectivity index (χ3v) is 4.12. The monoisotopic (exact) mass is 408 g/mol. The molecule has 0 saturated heterocycles. The van der Waals surface area contributed by atoms with Crippen molar-refractivity contribution in [1.82, 2.24) is 10.3 Å². The minimum Gasteiger partial charge on any atom is -0.497 e. The zero-order valence-corrected chi connectivity index (χ0v) is 16.6. The largest absolute Gasteiger partial charge is 0.497 e. The van der Waals surface area contributed by atoms with Crippen LogP contribution in [-0.2, 0) is 6.54 Å². The molecule has 0 aliphatic carbocycles. The fourth-order valence-electron chi connectivity index (χ4n) is 2.56. The zero-order chi connectivity index (χ0) is 21.3. The number of pyridine rings is 1. The van der Waals surface area contributed by atoms with Crippen molar-refractivity contribution in [3.05, 3.63) is 83.9 Å². The number of methoxy groups -OCH3 is 2. The Morgan fingerprint density at radius 3 is 2.23 bits per heavy atom. The topological polar surface area (TPSA) is 84.8 Å². The molecule has 2 N–H and O–H groups in total. The number of carbonyl (C=O) groups is 1. The predicted molar refractivity (Wildman–Crippen MR) is 112 cm³/mol. The fourth-order valence-corrected chi connectivity index (χ4v) is 2.56. The number of carbonyl (C=O) groups excluding carboxylic acids is 1. The second-order valence-electron chi connectivity index (χ2n) is 6.21. The minimum atomic E-state index is -0.407. The molecule has 3 aromatic rings. The maximum atomic E-state index is 13.2. The molecular weight excluding hydrogens is 387 g/mol. The normalized spacial score (nSPS) is 11.0. The van der Waals surface area contributed by atoms with E-state index in [4.69, 9.17) is 9.47 Å². The third-order valence-electron chi connectivity index (χ3n) is 4.12. The van der Waals surface area contributed by atoms with Crippen molar-refractivity contribution in [2.75, 3.05) is 19.5 Å². The van der Waals surface area contributed by atoms with Crippen LogP contribution >= 0.6 is 0 Å². The highest BCUT2D eigenvalue weighted by molar-refractivity contribution is 6.10. The zero-order valence-electron chi connectivity index (χ0n) is 16.6. The van der Waals surface area contributed by atoms with Crippen LogP contribution in [0.5, 0.6) is 11.5 Å². The lowest BCUT2D eigenvalue weighted by molar-refractivity contribution is 0.0976. The van der Waals surface area contributed by atoms with Gasteiger partial charge in [-0.15, -0.1) is 0 Å². The van der Waals surface area contributed by atoms with E-state index in [1.807, 2.05) is 12.1 Å². The summed E-state index contributed by atoms with van der Waals surface area (Å²) in [7, 11) is 3.02. The molecule has 0 atom stereocenters. The number of anilines is 1. The molecule has 0 fully saturated rings. The highest BCUT2D eigenvalue weighted by Crippen LogP contribution is 2.22. The van der Waals surface area contributed by atoms with Gasteiger partial charge in [0.2, 0.25) is 5.96 Å². The number of benzene rings is 2. The molecule has 1 amide bonds. The van der Waals surface area contributed by atoms with Gasteiger partial charge in [0.15, 0.2) is 0 Å². The number of rotatable bonds is 6. The van der Waals surface area contributed by atoms with Gasteiger partial charge in [-0.25, -0.2) is 9.38 Å². The van der Waals surface area contributed by atoms with Gasteiger partial charge in [0.25, 0.3) is 5.91 Å². The van der Waals surface area contributed by atoms with Crippen molar-refractivity contribution >= 4 is 17.6 Å². The summed E-state index contributed by atoms with van der Waals surface area (Å²) in [6.07, 6.45) is 3.33. The van der Waals surface area contributed by atoms with Crippen molar-refractivity contribution in [1.29, 1.82) is 0 Å². The van der Waals surface area contributed by atoms with E-state index in [1.165, 1.54) is 26.4 Å². The van der Waals surface area contributed by atoms with Gasteiger partial charge in [-0.1, -0.05) is 0 Å². The van der Waals surface area contributed by atoms with Gasteiger partial charge in [0.05, 0.1) is 20.8 Å². The van der Waals surface area contributed by atoms with Crippen molar-refractivity contribution in [2.45, 2.75) is 6.54 Å². The predicted octanol–water partition coefficient (Wildman–Crippen LogP) is 3.64. The van der Waals surface area contributed by atoms with Crippen LogP contribution < -0.4 is 20.1 Å². The van der Waals surface area contributed by atoms with Crippen LogP contribution in [0, 0.1) is 5.82 Å². The number of aromatic nitrogens is 1. The summed E-state index contributed by atoms with van der Waals surface area (Å²) in [5.41, 5.74) is 1.83. The number of aliphatic imine (C=N–C) groups is 1. The maximum absolute atomic E-state index is 13.2. The first-order chi connectivity index (χ1) is 14.6. The van der Waals surface area contributed by atoms with E-state index >= 15 is 0 Å². The lowest BCUT2D eigenvalue weighted by Crippen LogP contribution is -2.36. The summed E-state index contributed by atoms with van der Waals surface area (Å²) in [6.45, 7) is 0.313. The van der Waals surface area contributed by atoms with E-state index in [0.29, 0.717) is 29.3 Å². The van der Waals surface area contributed by atoms with Crippen molar-refractivity contribution in [3.8, 4) is 11.5 Å². The van der Waals surface area contributed by atoms with Crippen molar-refractivity contribution in [2.24, 2.45) is 4.99 Å². The second-order valence-corrected chi connectivity index (χ2v) is 6.21. The Kier molecular flexibility index (Phi) is 6.94. The van der Waals surface area contributed by atoms with Crippen molar-refractivity contribution in [3.63, 3.8) is 0 Å². The first kappa shape index (κ1) is 20.8. The van der Waals surface area contributed by atoms with Gasteiger partial charge in [0, 0.05) is 29.7 Å². The van der Waals surface area contributed by atoms with Gasteiger partial charge >= 0.3 is 0 Å². The molecule has 30 heavy (non-hydrogen) atoms. The van der Waals surface area contributed by atoms with Gasteiger partial charge in [-0.2, -0.15) is 0 Å². The first-order valence-corrected chi connectivity index (χ1v) is 9.08. The van der Waals surface area contributed by atoms with E-state index in [0.717, 1.165) is 5.56 Å². The Morgan fingerprint density at radius 1 is 1.00 bits per heavy atom. The molecule has 0 saturated carbocycles. The molecule has 1 aromatic heterocycles. The molecule has 154 valence electrons. The van der Waals surface area contributed by atoms with Crippen LogP contribution in [0.1, 0.15) is 15.9 Å². The fraction of sp³-hybridized carbons (Fsp3) is 0.136. The number of hydrogen-bond donors (Lipinski definition) is 2. The van der Waals surface area contributed by atoms with E-state index in [2.05, 4.69) is 20.6 Å². The molecule has 3 rings (SSSR count). The summed E-state index contributed by atoms with van der Waals surface area (Å²) in [4.78, 5) is 21.3. The molecule has 0 spiro atoms. The maximum Gasteiger partial charge on any atom is 0.258 e. The SMILES string of the molecule is COc1cc(OC)cc(C(=O)NC(=NCc2ccncc2)Nc2ccc(F)cc2)c1. The molecular formula is C22H21FN4O3. The summed E-state index contributed by atoms with van der Waals surface area (Å²) < 4.78 is 23.6. The smallest absolute Gasteiger partial charge is 0.258 e. The Bertz CT molecular complexity index is 1000. The second kappa shape index (κ2) is 10.0. The van der Waals surface area contributed by atoms with Crippen LogP contribution in [0.3, 0.4) is 0 Å². The standard InChI is InChI=1S/C22H21FN4O3/c1-29-19-11-16(12-20(13-19)30-2)21(28)27-22(25-14-15-7-9-24-10-8-15)26-18-5-3-17(23)4-6-18/h3-13H,14H2,1-2H3,(H2,25,26,27,28). The molecule has 2 aromatic carbocycles. The summed E-state index contributed by atoms with van der Waals surface area (Å²) in [5.74, 6) is 0.423. The summed E-state index contributed by atoms with van der Waals surface area (Å²) in [6, 6.07) is 14.3. The molecule has 0 aliphatic heterocycles. The number of ether oxygens (including phenoxy) is 2. The van der Waals surface area contributed by atoms with Crippen molar-refractivity contribution < 1.29 is 18.7 Å². The van der Waals surface area contributed by atoms with Gasteiger partial charge in [-0.05, 0) is 54.1 Å². The molecule has 8 heteroatoms. The Labute approximate surface area is 173 Å². The van der Waals surface area contributed by atoms with Crippen LogP contribution in [0.4, 0.5) is 10.1 Å². The lowest BCUT2D eigenvalue weighted by atomic mass is 10.2. The van der Waals surface area contributed by atoms with Crippen LogP contribution in [0.15, 0.2) is 72.0 Å². The van der Waals surface area contributed by atoms with Gasteiger partial charge in [0.1, 0.15) is 17.3 Å². The molecule has 7 nitrogen and oxygen atoms in total. The molecule has 1 heterocycles. The first-order valence-electron chi connectivity index (χ1n) is 9.08. The number of nitrogens with zero attached hydrogens (tertiary/aromatic N) is 2. The summed E-state index contributed by atoms with van der Waals surface area (Å²) >= 11 is 0. The van der Waals surface area contributed by atoms with Crippen LogP contribution in [0.2, 0.25) is 0 Å². The average molecular weight is 408 g/mol. The Morgan fingerprint density at radius 2 is 1.63 bits per heavy atom. The van der Waals surface area contributed by atoms with E-state index in [1.54, 1.807) is 42.7 Å². The van der Waals surface area contributed by atoms with E-state index in [9.17, 15) is 9.18 Å². The quantitative estimate of drug-likeness (QED) is 0.481. The van der Waals surface area contributed by atoms with Gasteiger partial charge < -0.3 is 14.8 Å². The average Bonchev–Trinajstić information content (AvgIpc) is 2.79. The molecule has 0 unspecified atom stereocenters. The lowest BCUT2D eigenvalue weighted by Gasteiger charge is -2.13. The third kappa shape index (κ3) is 5.78. The Balaban J connectivity index is 1.83. The van der Waals surface area contributed by atoms with E-state index in [-0.39, 0.29) is 11.8 Å². The molecule has 0 bridgehead atoms. The van der Waals surface area contributed by atoms with Crippen LogP contribution in [0.25, 0.3) is 0 Å². The van der Waals surface area contributed by atoms with Gasteiger partial charge in [-0.3, -0.25) is 15.1 Å². The number of nitrogens with one attached hydrogen (secondary N) is 2. The highest BCUT2D eigenvalue weighted by Gasteiger charge is 2.13. The number of guanidine groups is 1. The number of amides is 1. The van der Waals surface area contributed by atoms with E-state index < -0.39 is 5.91 Å².